The molecule has 2 rings (SSSR count). The minimum atomic E-state index is -1.89. The lowest BCUT2D eigenvalue weighted by molar-refractivity contribution is -0.141. The van der Waals surface area contributed by atoms with Gasteiger partial charge < -0.3 is 18.8 Å². The Labute approximate surface area is 139 Å². The highest BCUT2D eigenvalue weighted by molar-refractivity contribution is 6.73. The first-order valence-corrected chi connectivity index (χ1v) is 11.1. The van der Waals surface area contributed by atoms with Crippen molar-refractivity contribution >= 4 is 20.2 Å². The molecule has 0 unspecified atom stereocenters. The number of nitrogens with zero attached hydrogens (tertiary/aromatic N) is 1. The van der Waals surface area contributed by atoms with Crippen molar-refractivity contribution in [2.24, 2.45) is 0 Å². The van der Waals surface area contributed by atoms with Crippen molar-refractivity contribution in [3.05, 3.63) is 0 Å². The van der Waals surface area contributed by atoms with Crippen LogP contribution in [0.15, 0.2) is 0 Å². The Kier molecular flexibility index (Phi) is 5.86. The largest absolute Gasteiger partial charge is 0.441 e. The molecule has 7 heteroatoms. The molecule has 2 saturated heterocycles. The zero-order valence-electron chi connectivity index (χ0n) is 14.8. The molecule has 0 bridgehead atoms. The van der Waals surface area contributed by atoms with Crippen LogP contribution in [-0.2, 0) is 18.7 Å². The van der Waals surface area contributed by atoms with Gasteiger partial charge in [0, 0.05) is 13.5 Å². The number of likely N-dealkylation sites (N-methyl/N-ethyl adjacent to an activating group) is 1. The SMILES string of the molecule is CC[Si](CC)(CC)O[C@@H]1[C@H]2[C@@H](CO[C@@H]1CC(C)=O)OC(=O)N2C. The van der Waals surface area contributed by atoms with Gasteiger partial charge in [0.05, 0.1) is 18.8 Å². The molecule has 2 fully saturated rings. The Morgan fingerprint density at radius 1 is 1.30 bits per heavy atom. The van der Waals surface area contributed by atoms with Crippen LogP contribution in [0, 0.1) is 0 Å². The van der Waals surface area contributed by atoms with Crippen LogP contribution in [0.25, 0.3) is 0 Å². The van der Waals surface area contributed by atoms with Crippen LogP contribution in [0.4, 0.5) is 4.79 Å². The van der Waals surface area contributed by atoms with Gasteiger partial charge in [0.2, 0.25) is 0 Å². The molecule has 0 saturated carbocycles. The van der Waals surface area contributed by atoms with Crippen molar-refractivity contribution in [1.29, 1.82) is 0 Å². The number of ether oxygens (including phenoxy) is 2. The lowest BCUT2D eigenvalue weighted by atomic mass is 9.94. The number of ketones is 1. The van der Waals surface area contributed by atoms with Crippen molar-refractivity contribution in [3.63, 3.8) is 0 Å². The molecule has 0 aromatic carbocycles. The summed E-state index contributed by atoms with van der Waals surface area (Å²) >= 11 is 0. The topological polar surface area (TPSA) is 65.1 Å². The second kappa shape index (κ2) is 7.32. The van der Waals surface area contributed by atoms with Crippen molar-refractivity contribution in [1.82, 2.24) is 4.90 Å². The summed E-state index contributed by atoms with van der Waals surface area (Å²) in [6.07, 6.45) is -0.921. The van der Waals surface area contributed by atoms with Crippen LogP contribution in [0.5, 0.6) is 0 Å². The standard InChI is InChI=1S/C16H29NO5Si/c1-6-23(7-2,8-3)22-15-12(9-11(4)18)20-10-13-14(15)17(5)16(19)21-13/h12-15H,6-10H2,1-5H3/t12-,13-,14-,15+/m1/s1. The third kappa shape index (κ3) is 3.61. The number of rotatable bonds is 7. The molecular formula is C16H29NO5Si. The van der Waals surface area contributed by atoms with E-state index in [1.54, 1.807) is 18.9 Å². The van der Waals surface area contributed by atoms with Gasteiger partial charge in [-0.15, -0.1) is 0 Å². The molecule has 23 heavy (non-hydrogen) atoms. The monoisotopic (exact) mass is 343 g/mol. The average molecular weight is 343 g/mol. The van der Waals surface area contributed by atoms with E-state index in [4.69, 9.17) is 13.9 Å². The lowest BCUT2D eigenvalue weighted by Crippen LogP contribution is -2.60. The minimum absolute atomic E-state index is 0.0757. The van der Waals surface area contributed by atoms with E-state index in [9.17, 15) is 9.59 Å². The van der Waals surface area contributed by atoms with E-state index >= 15 is 0 Å². The molecule has 132 valence electrons. The Morgan fingerprint density at radius 3 is 2.43 bits per heavy atom. The molecule has 2 heterocycles. The Balaban J connectivity index is 2.29. The van der Waals surface area contributed by atoms with Gasteiger partial charge >= 0.3 is 6.09 Å². The molecule has 0 radical (unpaired) electrons. The second-order valence-corrected chi connectivity index (χ2v) is 11.4. The van der Waals surface area contributed by atoms with Gasteiger partial charge in [-0.1, -0.05) is 20.8 Å². The van der Waals surface area contributed by atoms with Crippen LogP contribution in [0.2, 0.25) is 18.1 Å². The summed E-state index contributed by atoms with van der Waals surface area (Å²) in [6.45, 7) is 8.40. The summed E-state index contributed by atoms with van der Waals surface area (Å²) in [7, 11) is -0.151. The number of carbonyl (C=O) groups is 2. The van der Waals surface area contributed by atoms with Gasteiger partial charge in [0.15, 0.2) is 8.32 Å². The van der Waals surface area contributed by atoms with Gasteiger partial charge in [-0.25, -0.2) is 4.79 Å². The molecular weight excluding hydrogens is 314 g/mol. The van der Waals surface area contributed by atoms with Crippen molar-refractivity contribution < 1.29 is 23.5 Å². The summed E-state index contributed by atoms with van der Waals surface area (Å²) < 4.78 is 17.9. The second-order valence-electron chi connectivity index (χ2n) is 6.63. The zero-order chi connectivity index (χ0) is 17.2. The quantitative estimate of drug-likeness (QED) is 0.665. The highest BCUT2D eigenvalue weighted by atomic mass is 28.4. The fourth-order valence-electron chi connectivity index (χ4n) is 3.64. The third-order valence-corrected chi connectivity index (χ3v) is 9.99. The van der Waals surface area contributed by atoms with Crippen molar-refractivity contribution in [3.8, 4) is 0 Å². The van der Waals surface area contributed by atoms with E-state index < -0.39 is 8.32 Å². The molecule has 4 atom stereocenters. The highest BCUT2D eigenvalue weighted by Gasteiger charge is 2.53. The Hall–Kier alpha value is -0.923. The fourth-order valence-corrected chi connectivity index (χ4v) is 6.51. The van der Waals surface area contributed by atoms with Gasteiger partial charge in [0.1, 0.15) is 17.9 Å². The van der Waals surface area contributed by atoms with E-state index in [-0.39, 0.29) is 36.2 Å². The number of fused-ring (bicyclic) bond motifs is 1. The summed E-state index contributed by atoms with van der Waals surface area (Å²) in [5.41, 5.74) is 0. The summed E-state index contributed by atoms with van der Waals surface area (Å²) in [4.78, 5) is 25.2. The van der Waals surface area contributed by atoms with Gasteiger partial charge in [-0.2, -0.15) is 0 Å². The first kappa shape index (κ1) is 18.4. The molecule has 1 amide bonds. The Morgan fingerprint density at radius 2 is 1.91 bits per heavy atom. The number of hydrogen-bond acceptors (Lipinski definition) is 5. The maximum Gasteiger partial charge on any atom is 0.410 e. The van der Waals surface area contributed by atoms with Crippen LogP contribution in [0.3, 0.4) is 0 Å². The Bertz CT molecular complexity index is 445. The predicted molar refractivity (Wildman–Crippen MR) is 88.9 cm³/mol. The molecule has 0 aliphatic carbocycles. The summed E-state index contributed by atoms with van der Waals surface area (Å²) in [6, 6.07) is 2.87. The van der Waals surface area contributed by atoms with Gasteiger partial charge in [0.25, 0.3) is 0 Å². The van der Waals surface area contributed by atoms with E-state index in [0.29, 0.717) is 13.0 Å². The van der Waals surface area contributed by atoms with Gasteiger partial charge in [-0.05, 0) is 25.1 Å². The van der Waals surface area contributed by atoms with Crippen LogP contribution in [-0.4, -0.2) is 63.1 Å². The lowest BCUT2D eigenvalue weighted by Gasteiger charge is -2.44. The molecule has 0 spiro atoms. The van der Waals surface area contributed by atoms with Crippen LogP contribution >= 0.6 is 0 Å². The van der Waals surface area contributed by atoms with E-state index in [2.05, 4.69) is 20.8 Å². The average Bonchev–Trinajstić information content (AvgIpc) is 2.82. The van der Waals surface area contributed by atoms with Crippen LogP contribution < -0.4 is 0 Å². The molecule has 2 aliphatic heterocycles. The summed E-state index contributed by atoms with van der Waals surface area (Å²) in [5, 5.41) is 0. The number of amides is 1. The predicted octanol–water partition coefficient (Wildman–Crippen LogP) is 2.57. The zero-order valence-corrected chi connectivity index (χ0v) is 15.8. The van der Waals surface area contributed by atoms with Gasteiger partial charge in [-0.3, -0.25) is 4.79 Å². The summed E-state index contributed by atoms with van der Waals surface area (Å²) in [5.74, 6) is 0.0757. The molecule has 2 aliphatic rings. The smallest absolute Gasteiger partial charge is 0.410 e. The molecule has 0 aromatic rings. The molecule has 0 aromatic heterocycles. The number of Topliss-reactive ketones (excluding diaryl/α,β-unsaturated/α-hetero) is 1. The number of hydrogen-bond donors (Lipinski definition) is 0. The van der Waals surface area contributed by atoms with E-state index in [1.165, 1.54) is 0 Å². The number of carbonyl (C=O) groups excluding carboxylic acids is 2. The maximum atomic E-state index is 11.9. The fraction of sp³-hybridized carbons (Fsp3) is 0.875. The highest BCUT2D eigenvalue weighted by Crippen LogP contribution is 2.35. The molecule has 0 N–H and O–H groups in total. The van der Waals surface area contributed by atoms with E-state index in [1.807, 2.05) is 0 Å². The third-order valence-electron chi connectivity index (χ3n) is 5.35. The van der Waals surface area contributed by atoms with E-state index in [0.717, 1.165) is 18.1 Å². The van der Waals surface area contributed by atoms with Crippen LogP contribution in [0.1, 0.15) is 34.1 Å². The maximum absolute atomic E-state index is 11.9. The van der Waals surface area contributed by atoms with Crippen molar-refractivity contribution in [2.75, 3.05) is 13.7 Å². The normalized spacial score (nSPS) is 31.0. The first-order valence-electron chi connectivity index (χ1n) is 8.59. The first-order chi connectivity index (χ1) is 10.9. The van der Waals surface area contributed by atoms with Crippen molar-refractivity contribution in [2.45, 2.75) is 76.6 Å². The minimum Gasteiger partial charge on any atom is -0.441 e. The molecule has 6 nitrogen and oxygen atoms in total.